The monoisotopic (exact) mass is 157 g/mol. The lowest BCUT2D eigenvalue weighted by Crippen LogP contribution is -2.53. The Kier molecular flexibility index (Phi) is 2.49. The van der Waals surface area contributed by atoms with Crippen LogP contribution in [-0.2, 0) is 4.79 Å². The molecule has 11 heavy (non-hydrogen) atoms. The molecule has 0 spiro atoms. The van der Waals surface area contributed by atoms with Gasteiger partial charge in [0.1, 0.15) is 0 Å². The van der Waals surface area contributed by atoms with Crippen LogP contribution >= 0.6 is 0 Å². The summed E-state index contributed by atoms with van der Waals surface area (Å²) in [5.74, 6) is 0.588. The van der Waals surface area contributed by atoms with Gasteiger partial charge in [-0.15, -0.1) is 0 Å². The molecule has 0 bridgehead atoms. The van der Waals surface area contributed by atoms with Gasteiger partial charge < -0.3 is 10.0 Å². The first-order valence-electron chi connectivity index (χ1n) is 4.05. The summed E-state index contributed by atoms with van der Waals surface area (Å²) in [7, 11) is 0. The number of nitrogens with zero attached hydrogens (tertiary/aromatic N) is 1. The van der Waals surface area contributed by atoms with Crippen LogP contribution in [0.5, 0.6) is 0 Å². The van der Waals surface area contributed by atoms with E-state index in [4.69, 9.17) is 5.11 Å². The molecule has 0 saturated carbocycles. The molecule has 0 aliphatic carbocycles. The average molecular weight is 157 g/mol. The molecule has 1 heterocycles. The maximum Gasteiger partial charge on any atom is 0.223 e. The SMILES string of the molecule is CC(C)CC(=O)N1CC(O)C1. The topological polar surface area (TPSA) is 40.5 Å². The minimum Gasteiger partial charge on any atom is -0.389 e. The van der Waals surface area contributed by atoms with E-state index in [0.29, 0.717) is 25.4 Å². The first kappa shape index (κ1) is 8.53. The summed E-state index contributed by atoms with van der Waals surface area (Å²) in [6.07, 6.45) is 0.332. The van der Waals surface area contributed by atoms with Crippen molar-refractivity contribution in [3.63, 3.8) is 0 Å². The molecule has 0 atom stereocenters. The smallest absolute Gasteiger partial charge is 0.223 e. The first-order chi connectivity index (χ1) is 5.09. The van der Waals surface area contributed by atoms with E-state index in [2.05, 4.69) is 0 Å². The van der Waals surface area contributed by atoms with Crippen molar-refractivity contribution in [3.05, 3.63) is 0 Å². The maximum atomic E-state index is 11.2. The molecule has 1 rings (SSSR count). The lowest BCUT2D eigenvalue weighted by molar-refractivity contribution is -0.142. The summed E-state index contributed by atoms with van der Waals surface area (Å²) in [6.45, 7) is 5.11. The molecule has 1 amide bonds. The van der Waals surface area contributed by atoms with Crippen LogP contribution in [0.1, 0.15) is 20.3 Å². The third kappa shape index (κ3) is 2.19. The standard InChI is InChI=1S/C8H15NO2/c1-6(2)3-8(11)9-4-7(10)5-9/h6-7,10H,3-5H2,1-2H3. The average Bonchev–Trinajstić information content (AvgIpc) is 1.79. The number of rotatable bonds is 2. The van der Waals surface area contributed by atoms with Crippen molar-refractivity contribution in [1.29, 1.82) is 0 Å². The Balaban J connectivity index is 2.21. The maximum absolute atomic E-state index is 11.2. The van der Waals surface area contributed by atoms with E-state index in [1.54, 1.807) is 4.90 Å². The van der Waals surface area contributed by atoms with Gasteiger partial charge in [-0.1, -0.05) is 13.8 Å². The highest BCUT2D eigenvalue weighted by molar-refractivity contribution is 5.77. The van der Waals surface area contributed by atoms with Crippen LogP contribution in [0.2, 0.25) is 0 Å². The molecule has 3 heteroatoms. The second-order valence-corrected chi connectivity index (χ2v) is 3.55. The van der Waals surface area contributed by atoms with Crippen LogP contribution < -0.4 is 0 Å². The van der Waals surface area contributed by atoms with Crippen molar-refractivity contribution in [3.8, 4) is 0 Å². The van der Waals surface area contributed by atoms with Crippen LogP contribution in [0.4, 0.5) is 0 Å². The Morgan fingerprint density at radius 3 is 2.55 bits per heavy atom. The van der Waals surface area contributed by atoms with E-state index in [0.717, 1.165) is 0 Å². The van der Waals surface area contributed by atoms with Gasteiger partial charge in [0.15, 0.2) is 0 Å². The summed E-state index contributed by atoms with van der Waals surface area (Å²) in [4.78, 5) is 12.9. The Bertz CT molecular complexity index is 150. The molecule has 0 aromatic heterocycles. The van der Waals surface area contributed by atoms with Gasteiger partial charge in [0, 0.05) is 19.5 Å². The normalized spacial score (nSPS) is 18.7. The van der Waals surface area contributed by atoms with Crippen molar-refractivity contribution < 1.29 is 9.90 Å². The molecule has 1 N–H and O–H groups in total. The highest BCUT2D eigenvalue weighted by Crippen LogP contribution is 2.11. The fraction of sp³-hybridized carbons (Fsp3) is 0.875. The molecular formula is C8H15NO2. The van der Waals surface area contributed by atoms with Gasteiger partial charge in [-0.05, 0) is 5.92 Å². The molecule has 1 saturated heterocycles. The number of likely N-dealkylation sites (tertiary alicyclic amines) is 1. The molecule has 64 valence electrons. The number of carbonyl (C=O) groups excluding carboxylic acids is 1. The minimum atomic E-state index is -0.272. The number of hydrogen-bond donors (Lipinski definition) is 1. The van der Waals surface area contributed by atoms with Crippen molar-refractivity contribution in [2.75, 3.05) is 13.1 Å². The van der Waals surface area contributed by atoms with Gasteiger partial charge in [0.05, 0.1) is 6.10 Å². The first-order valence-corrected chi connectivity index (χ1v) is 4.05. The second-order valence-electron chi connectivity index (χ2n) is 3.55. The molecule has 1 aliphatic rings. The summed E-state index contributed by atoms with van der Waals surface area (Å²) < 4.78 is 0. The van der Waals surface area contributed by atoms with Gasteiger partial charge in [-0.2, -0.15) is 0 Å². The number of aliphatic hydroxyl groups is 1. The summed E-state index contributed by atoms with van der Waals surface area (Å²) in [5, 5.41) is 8.91. The van der Waals surface area contributed by atoms with E-state index in [1.165, 1.54) is 0 Å². The van der Waals surface area contributed by atoms with Gasteiger partial charge in [-0.3, -0.25) is 4.79 Å². The largest absolute Gasteiger partial charge is 0.389 e. The quantitative estimate of drug-likeness (QED) is 0.623. The predicted molar refractivity (Wildman–Crippen MR) is 42.0 cm³/mol. The van der Waals surface area contributed by atoms with Crippen molar-refractivity contribution >= 4 is 5.91 Å². The molecular weight excluding hydrogens is 142 g/mol. The number of carbonyl (C=O) groups is 1. The lowest BCUT2D eigenvalue weighted by atomic mass is 10.1. The number of amides is 1. The number of β-amino-alcohol motifs (C(OH)–C–C–N with tert-alkyl or cyclic N) is 1. The molecule has 0 radical (unpaired) electrons. The van der Waals surface area contributed by atoms with Crippen LogP contribution in [0, 0.1) is 5.92 Å². The second kappa shape index (κ2) is 3.22. The van der Waals surface area contributed by atoms with Gasteiger partial charge in [0.25, 0.3) is 0 Å². The highest BCUT2D eigenvalue weighted by Gasteiger charge is 2.28. The Morgan fingerprint density at radius 2 is 2.18 bits per heavy atom. The zero-order chi connectivity index (χ0) is 8.43. The zero-order valence-electron chi connectivity index (χ0n) is 7.08. The van der Waals surface area contributed by atoms with Crippen LogP contribution in [0.3, 0.4) is 0 Å². The van der Waals surface area contributed by atoms with Crippen molar-refractivity contribution in [2.45, 2.75) is 26.4 Å². The molecule has 1 fully saturated rings. The van der Waals surface area contributed by atoms with E-state index in [1.807, 2.05) is 13.8 Å². The van der Waals surface area contributed by atoms with Crippen LogP contribution in [0.25, 0.3) is 0 Å². The predicted octanol–water partition coefficient (Wildman–Crippen LogP) is 0.236. The molecule has 0 aromatic carbocycles. The van der Waals surface area contributed by atoms with Gasteiger partial charge >= 0.3 is 0 Å². The van der Waals surface area contributed by atoms with E-state index in [9.17, 15) is 4.79 Å². The highest BCUT2D eigenvalue weighted by atomic mass is 16.3. The zero-order valence-corrected chi connectivity index (χ0v) is 7.08. The summed E-state index contributed by atoms with van der Waals surface area (Å²) in [6, 6.07) is 0. The van der Waals surface area contributed by atoms with Gasteiger partial charge in [-0.25, -0.2) is 0 Å². The van der Waals surface area contributed by atoms with Gasteiger partial charge in [0.2, 0.25) is 5.91 Å². The summed E-state index contributed by atoms with van der Waals surface area (Å²) in [5.41, 5.74) is 0. The molecule has 0 unspecified atom stereocenters. The summed E-state index contributed by atoms with van der Waals surface area (Å²) >= 11 is 0. The Morgan fingerprint density at radius 1 is 1.64 bits per heavy atom. The third-order valence-corrected chi connectivity index (χ3v) is 1.80. The fourth-order valence-corrected chi connectivity index (χ4v) is 1.14. The Hall–Kier alpha value is -0.570. The third-order valence-electron chi connectivity index (χ3n) is 1.80. The number of hydrogen-bond acceptors (Lipinski definition) is 2. The van der Waals surface area contributed by atoms with E-state index >= 15 is 0 Å². The van der Waals surface area contributed by atoms with E-state index < -0.39 is 0 Å². The minimum absolute atomic E-state index is 0.172. The molecule has 0 aromatic rings. The fourth-order valence-electron chi connectivity index (χ4n) is 1.14. The van der Waals surface area contributed by atoms with Crippen molar-refractivity contribution in [1.82, 2.24) is 4.90 Å². The number of aliphatic hydroxyl groups excluding tert-OH is 1. The van der Waals surface area contributed by atoms with Crippen LogP contribution in [-0.4, -0.2) is 35.1 Å². The van der Waals surface area contributed by atoms with E-state index in [-0.39, 0.29) is 12.0 Å². The molecule has 1 aliphatic heterocycles. The van der Waals surface area contributed by atoms with Crippen LogP contribution in [0.15, 0.2) is 0 Å². The lowest BCUT2D eigenvalue weighted by Gasteiger charge is -2.36. The Labute approximate surface area is 67.0 Å². The van der Waals surface area contributed by atoms with Crippen molar-refractivity contribution in [2.24, 2.45) is 5.92 Å². The molecule has 3 nitrogen and oxygen atoms in total.